The van der Waals surface area contributed by atoms with Gasteiger partial charge >= 0.3 is 0 Å². The number of carbonyl (C=O) groups is 2. The highest BCUT2D eigenvalue weighted by atomic mass is 16.5. The van der Waals surface area contributed by atoms with E-state index in [-0.39, 0.29) is 18.4 Å². The van der Waals surface area contributed by atoms with E-state index in [1.165, 1.54) is 0 Å². The summed E-state index contributed by atoms with van der Waals surface area (Å²) in [5, 5.41) is 3.91. The number of methoxy groups -OCH3 is 2. The lowest BCUT2D eigenvalue weighted by Crippen LogP contribution is -2.50. The first-order valence-electron chi connectivity index (χ1n) is 10.2. The minimum Gasteiger partial charge on any atom is -0.497 e. The third-order valence-corrected chi connectivity index (χ3v) is 5.42. The van der Waals surface area contributed by atoms with Gasteiger partial charge in [-0.15, -0.1) is 0 Å². The molecule has 2 aromatic carbocycles. The van der Waals surface area contributed by atoms with Gasteiger partial charge in [0.2, 0.25) is 5.91 Å². The molecule has 0 spiro atoms. The minimum absolute atomic E-state index is 0.0104. The monoisotopic (exact) mass is 422 g/mol. The molecule has 1 aliphatic heterocycles. The highest BCUT2D eigenvalue weighted by Gasteiger charge is 2.24. The molecule has 1 saturated heterocycles. The van der Waals surface area contributed by atoms with Gasteiger partial charge in [0.1, 0.15) is 17.2 Å². The van der Waals surface area contributed by atoms with Gasteiger partial charge < -0.3 is 24.7 Å². The second-order valence-electron chi connectivity index (χ2n) is 7.49. The number of aromatic nitrogens is 1. The Morgan fingerprint density at radius 2 is 1.65 bits per heavy atom. The molecule has 0 unspecified atom stereocenters. The van der Waals surface area contributed by atoms with E-state index in [0.717, 1.165) is 10.9 Å². The molecule has 0 saturated carbocycles. The van der Waals surface area contributed by atoms with Crippen LogP contribution in [0.1, 0.15) is 10.5 Å². The maximum atomic E-state index is 12.8. The van der Waals surface area contributed by atoms with E-state index in [0.29, 0.717) is 49.1 Å². The number of amides is 2. The number of nitrogens with zero attached hydrogens (tertiary/aromatic N) is 2. The van der Waals surface area contributed by atoms with Crippen LogP contribution in [0.25, 0.3) is 10.9 Å². The number of H-pyrrole nitrogens is 1. The van der Waals surface area contributed by atoms with Crippen molar-refractivity contribution in [1.82, 2.24) is 14.8 Å². The van der Waals surface area contributed by atoms with E-state index in [1.807, 2.05) is 40.1 Å². The molecule has 162 valence electrons. The summed E-state index contributed by atoms with van der Waals surface area (Å²) in [6, 6.07) is 15.0. The van der Waals surface area contributed by atoms with Crippen LogP contribution in [0.5, 0.6) is 11.5 Å². The standard InChI is InChI=1S/C23H26N4O4/c1-30-18-12-17(13-19(14-18)31-2)24-22(28)15-26-7-9-27(10-8-26)23(29)21-11-16-5-3-4-6-20(16)25-21/h3-6,11-14,25H,7-10,15H2,1-2H3,(H,24,28). The topological polar surface area (TPSA) is 86.9 Å². The Bertz CT molecular complexity index is 1030. The lowest BCUT2D eigenvalue weighted by atomic mass is 10.2. The van der Waals surface area contributed by atoms with Crippen LogP contribution in [0, 0.1) is 0 Å². The quantitative estimate of drug-likeness (QED) is 0.638. The highest BCUT2D eigenvalue weighted by Crippen LogP contribution is 2.25. The number of piperazine rings is 1. The number of hydrogen-bond donors (Lipinski definition) is 2. The zero-order valence-electron chi connectivity index (χ0n) is 17.7. The SMILES string of the molecule is COc1cc(NC(=O)CN2CCN(C(=O)c3cc4ccccc4[nH]3)CC2)cc(OC)c1. The van der Waals surface area contributed by atoms with Crippen molar-refractivity contribution >= 4 is 28.4 Å². The molecule has 4 rings (SSSR count). The van der Waals surface area contributed by atoms with Crippen LogP contribution < -0.4 is 14.8 Å². The summed E-state index contributed by atoms with van der Waals surface area (Å²) in [4.78, 5) is 32.4. The number of carbonyl (C=O) groups excluding carboxylic acids is 2. The molecule has 0 aliphatic carbocycles. The van der Waals surface area contributed by atoms with Gasteiger partial charge in [-0.3, -0.25) is 14.5 Å². The van der Waals surface area contributed by atoms with Crippen molar-refractivity contribution in [2.24, 2.45) is 0 Å². The van der Waals surface area contributed by atoms with E-state index in [1.54, 1.807) is 32.4 Å². The summed E-state index contributed by atoms with van der Waals surface area (Å²) in [6.45, 7) is 2.69. The third-order valence-electron chi connectivity index (χ3n) is 5.42. The first kappa shape index (κ1) is 20.7. The molecule has 2 N–H and O–H groups in total. The molecule has 31 heavy (non-hydrogen) atoms. The largest absolute Gasteiger partial charge is 0.497 e. The van der Waals surface area contributed by atoms with Crippen LogP contribution in [0.15, 0.2) is 48.5 Å². The van der Waals surface area contributed by atoms with Gasteiger partial charge in [0.05, 0.1) is 20.8 Å². The van der Waals surface area contributed by atoms with Crippen LogP contribution in [0.2, 0.25) is 0 Å². The molecule has 0 atom stereocenters. The second-order valence-corrected chi connectivity index (χ2v) is 7.49. The summed E-state index contributed by atoms with van der Waals surface area (Å²) in [5.74, 6) is 1.09. The number of anilines is 1. The molecular formula is C23H26N4O4. The molecule has 3 aromatic rings. The Labute approximate surface area is 180 Å². The molecule has 2 amide bonds. The fraction of sp³-hybridized carbons (Fsp3) is 0.304. The van der Waals surface area contributed by atoms with Crippen molar-refractivity contribution < 1.29 is 19.1 Å². The number of aromatic amines is 1. The number of nitrogens with one attached hydrogen (secondary N) is 2. The number of para-hydroxylation sites is 1. The van der Waals surface area contributed by atoms with E-state index >= 15 is 0 Å². The lowest BCUT2D eigenvalue weighted by Gasteiger charge is -2.34. The van der Waals surface area contributed by atoms with Crippen molar-refractivity contribution in [1.29, 1.82) is 0 Å². The molecule has 1 aromatic heterocycles. The van der Waals surface area contributed by atoms with E-state index in [9.17, 15) is 9.59 Å². The summed E-state index contributed by atoms with van der Waals surface area (Å²) < 4.78 is 10.5. The fourth-order valence-electron chi connectivity index (χ4n) is 3.75. The van der Waals surface area contributed by atoms with Crippen molar-refractivity contribution in [3.05, 3.63) is 54.2 Å². The van der Waals surface area contributed by atoms with Crippen LogP contribution in [0.3, 0.4) is 0 Å². The van der Waals surface area contributed by atoms with Crippen LogP contribution in [0.4, 0.5) is 5.69 Å². The number of benzene rings is 2. The van der Waals surface area contributed by atoms with Gasteiger partial charge in [0.25, 0.3) is 5.91 Å². The second kappa shape index (κ2) is 9.09. The van der Waals surface area contributed by atoms with Crippen molar-refractivity contribution in [2.45, 2.75) is 0 Å². The zero-order valence-corrected chi connectivity index (χ0v) is 17.7. The normalized spacial score (nSPS) is 14.5. The summed E-state index contributed by atoms with van der Waals surface area (Å²) in [5.41, 5.74) is 2.17. The number of ether oxygens (including phenoxy) is 2. The highest BCUT2D eigenvalue weighted by molar-refractivity contribution is 5.98. The molecule has 8 nitrogen and oxygen atoms in total. The third kappa shape index (κ3) is 4.80. The molecule has 0 bridgehead atoms. The first-order valence-corrected chi connectivity index (χ1v) is 10.2. The van der Waals surface area contributed by atoms with Gasteiger partial charge in [-0.05, 0) is 12.1 Å². The molecule has 2 heterocycles. The number of hydrogen-bond acceptors (Lipinski definition) is 5. The number of fused-ring (bicyclic) bond motifs is 1. The fourth-order valence-corrected chi connectivity index (χ4v) is 3.75. The summed E-state index contributed by atoms with van der Waals surface area (Å²) >= 11 is 0. The van der Waals surface area contributed by atoms with E-state index in [2.05, 4.69) is 10.3 Å². The molecular weight excluding hydrogens is 396 g/mol. The van der Waals surface area contributed by atoms with Gasteiger partial charge in [0, 0.05) is 61.0 Å². The van der Waals surface area contributed by atoms with Gasteiger partial charge in [0.15, 0.2) is 0 Å². The predicted octanol–water partition coefficient (Wildman–Crippen LogP) is 2.58. The van der Waals surface area contributed by atoms with Crippen LogP contribution in [-0.2, 0) is 4.79 Å². The Kier molecular flexibility index (Phi) is 6.08. The Morgan fingerprint density at radius 3 is 2.29 bits per heavy atom. The molecule has 1 aliphatic rings. The Hall–Kier alpha value is -3.52. The van der Waals surface area contributed by atoms with E-state index in [4.69, 9.17) is 9.47 Å². The maximum Gasteiger partial charge on any atom is 0.270 e. The molecule has 1 fully saturated rings. The van der Waals surface area contributed by atoms with Crippen molar-refractivity contribution in [3.8, 4) is 11.5 Å². The zero-order chi connectivity index (χ0) is 21.8. The smallest absolute Gasteiger partial charge is 0.270 e. The van der Waals surface area contributed by atoms with E-state index < -0.39 is 0 Å². The van der Waals surface area contributed by atoms with Crippen molar-refractivity contribution in [3.63, 3.8) is 0 Å². The predicted molar refractivity (Wildman–Crippen MR) is 119 cm³/mol. The van der Waals surface area contributed by atoms with Crippen molar-refractivity contribution in [2.75, 3.05) is 52.3 Å². The van der Waals surface area contributed by atoms with Gasteiger partial charge in [-0.25, -0.2) is 0 Å². The average Bonchev–Trinajstić information content (AvgIpc) is 3.23. The molecule has 0 radical (unpaired) electrons. The summed E-state index contributed by atoms with van der Waals surface area (Å²) in [6.07, 6.45) is 0. The van der Waals surface area contributed by atoms with Gasteiger partial charge in [-0.2, -0.15) is 0 Å². The lowest BCUT2D eigenvalue weighted by molar-refractivity contribution is -0.117. The molecule has 8 heteroatoms. The van der Waals surface area contributed by atoms with Crippen LogP contribution in [-0.4, -0.2) is 73.5 Å². The van der Waals surface area contributed by atoms with Crippen LogP contribution >= 0.6 is 0 Å². The maximum absolute atomic E-state index is 12.8. The number of rotatable bonds is 6. The summed E-state index contributed by atoms with van der Waals surface area (Å²) in [7, 11) is 3.13. The average molecular weight is 422 g/mol. The Balaban J connectivity index is 1.30. The Morgan fingerprint density at radius 1 is 0.968 bits per heavy atom. The minimum atomic E-state index is -0.120. The van der Waals surface area contributed by atoms with Gasteiger partial charge in [-0.1, -0.05) is 18.2 Å². The first-order chi connectivity index (χ1) is 15.1.